The number of rotatable bonds is 7. The highest BCUT2D eigenvalue weighted by Gasteiger charge is 2.24. The predicted octanol–water partition coefficient (Wildman–Crippen LogP) is 4.24. The first-order valence-corrected chi connectivity index (χ1v) is 11.5. The van der Waals surface area contributed by atoms with E-state index in [4.69, 9.17) is 16.3 Å². The number of anilines is 1. The van der Waals surface area contributed by atoms with Gasteiger partial charge in [-0.05, 0) is 36.4 Å². The maximum absolute atomic E-state index is 12.8. The zero-order valence-electron chi connectivity index (χ0n) is 16.1. The second kappa shape index (κ2) is 8.66. The number of ether oxygens (including phenoxy) is 1. The molecule has 3 rings (SSSR count). The third kappa shape index (κ3) is 4.37. The molecule has 0 aliphatic heterocycles. The van der Waals surface area contributed by atoms with Gasteiger partial charge in [0.05, 0.1) is 32.8 Å². The largest absolute Gasteiger partial charge is 0.497 e. The normalized spacial score (nSPS) is 11.8. The Morgan fingerprint density at radius 3 is 2.59 bits per heavy atom. The number of hydrogen-bond donors (Lipinski definition) is 1. The summed E-state index contributed by atoms with van der Waals surface area (Å²) in [5.41, 5.74) is 0.784. The van der Waals surface area contributed by atoms with Gasteiger partial charge in [-0.15, -0.1) is 0 Å². The van der Waals surface area contributed by atoms with Crippen molar-refractivity contribution in [1.29, 1.82) is 0 Å². The molecule has 0 radical (unpaired) electrons. The molecule has 0 atom stereocenters. The zero-order chi connectivity index (χ0) is 21.2. The molecule has 10 heteroatoms. The number of amides is 1. The Morgan fingerprint density at radius 2 is 1.93 bits per heavy atom. The minimum Gasteiger partial charge on any atom is -0.497 e. The van der Waals surface area contributed by atoms with Gasteiger partial charge < -0.3 is 4.74 Å². The standard InChI is InChI=1S/C19H20ClN3O4S2/c1-4-23(5-2)29(25,26)13-7-8-15(20)14(11-13)18(24)22-19-21-16-9-6-12(27-3)10-17(16)28-19/h6-11H,4-5H2,1-3H3,(H,21,22,24). The molecule has 0 aliphatic carbocycles. The minimum absolute atomic E-state index is 0.0183. The Hall–Kier alpha value is -2.20. The van der Waals surface area contributed by atoms with Gasteiger partial charge in [0.2, 0.25) is 10.0 Å². The van der Waals surface area contributed by atoms with E-state index >= 15 is 0 Å². The molecule has 0 fully saturated rings. The lowest BCUT2D eigenvalue weighted by atomic mass is 10.2. The summed E-state index contributed by atoms with van der Waals surface area (Å²) >= 11 is 7.46. The Kier molecular flexibility index (Phi) is 6.42. The van der Waals surface area contributed by atoms with Crippen LogP contribution in [-0.2, 0) is 10.0 Å². The average molecular weight is 454 g/mol. The highest BCUT2D eigenvalue weighted by molar-refractivity contribution is 7.89. The van der Waals surface area contributed by atoms with E-state index in [1.807, 2.05) is 6.07 Å². The van der Waals surface area contributed by atoms with Crippen LogP contribution >= 0.6 is 22.9 Å². The van der Waals surface area contributed by atoms with E-state index in [9.17, 15) is 13.2 Å². The molecule has 1 N–H and O–H groups in total. The lowest BCUT2D eigenvalue weighted by Gasteiger charge is -2.19. The van der Waals surface area contributed by atoms with Gasteiger partial charge in [0, 0.05) is 13.1 Å². The van der Waals surface area contributed by atoms with Crippen molar-refractivity contribution < 1.29 is 17.9 Å². The van der Waals surface area contributed by atoms with Gasteiger partial charge >= 0.3 is 0 Å². The number of carbonyl (C=O) groups is 1. The van der Waals surface area contributed by atoms with Gasteiger partial charge in [0.1, 0.15) is 5.75 Å². The van der Waals surface area contributed by atoms with Gasteiger partial charge in [-0.25, -0.2) is 13.4 Å². The van der Waals surface area contributed by atoms with E-state index < -0.39 is 15.9 Å². The van der Waals surface area contributed by atoms with Crippen LogP contribution < -0.4 is 10.1 Å². The summed E-state index contributed by atoms with van der Waals surface area (Å²) in [7, 11) is -2.13. The topological polar surface area (TPSA) is 88.6 Å². The Balaban J connectivity index is 1.91. The molecule has 3 aromatic rings. The number of hydrogen-bond acceptors (Lipinski definition) is 6. The highest BCUT2D eigenvalue weighted by atomic mass is 35.5. The summed E-state index contributed by atoms with van der Waals surface area (Å²) in [6.07, 6.45) is 0. The molecule has 0 aliphatic rings. The summed E-state index contributed by atoms with van der Waals surface area (Å²) in [5.74, 6) is 0.161. The second-order valence-corrected chi connectivity index (χ2v) is 9.41. The van der Waals surface area contributed by atoms with Crippen LogP contribution in [0.5, 0.6) is 5.75 Å². The third-order valence-corrected chi connectivity index (χ3v) is 7.65. The van der Waals surface area contributed by atoms with Crippen LogP contribution in [0.25, 0.3) is 10.2 Å². The number of nitrogens with zero attached hydrogens (tertiary/aromatic N) is 2. The molecule has 0 unspecified atom stereocenters. The van der Waals surface area contributed by atoms with Crippen molar-refractivity contribution in [2.45, 2.75) is 18.7 Å². The number of aromatic nitrogens is 1. The fraction of sp³-hybridized carbons (Fsp3) is 0.263. The van der Waals surface area contributed by atoms with Gasteiger partial charge in [-0.2, -0.15) is 4.31 Å². The summed E-state index contributed by atoms with van der Waals surface area (Å²) in [4.78, 5) is 17.1. The SMILES string of the molecule is CCN(CC)S(=O)(=O)c1ccc(Cl)c(C(=O)Nc2nc3ccc(OC)cc3s2)c1. The first-order valence-electron chi connectivity index (χ1n) is 8.85. The van der Waals surface area contributed by atoms with E-state index in [-0.39, 0.29) is 15.5 Å². The van der Waals surface area contributed by atoms with Crippen LogP contribution in [0, 0.1) is 0 Å². The maximum atomic E-state index is 12.8. The van der Waals surface area contributed by atoms with Crippen LogP contribution in [0.4, 0.5) is 5.13 Å². The highest BCUT2D eigenvalue weighted by Crippen LogP contribution is 2.30. The predicted molar refractivity (Wildman–Crippen MR) is 116 cm³/mol. The van der Waals surface area contributed by atoms with Crippen molar-refractivity contribution in [1.82, 2.24) is 9.29 Å². The van der Waals surface area contributed by atoms with Crippen LogP contribution in [0.15, 0.2) is 41.3 Å². The van der Waals surface area contributed by atoms with Crippen LogP contribution in [-0.4, -0.2) is 43.8 Å². The summed E-state index contributed by atoms with van der Waals surface area (Å²) in [5, 5.41) is 3.23. The number of methoxy groups -OCH3 is 1. The van der Waals surface area contributed by atoms with Crippen molar-refractivity contribution in [3.8, 4) is 5.75 Å². The molecule has 154 valence electrons. The third-order valence-electron chi connectivity index (χ3n) is 4.34. The minimum atomic E-state index is -3.71. The van der Waals surface area contributed by atoms with Gasteiger partial charge in [0.15, 0.2) is 5.13 Å². The van der Waals surface area contributed by atoms with Crippen molar-refractivity contribution in [2.75, 3.05) is 25.5 Å². The number of benzene rings is 2. The molecule has 29 heavy (non-hydrogen) atoms. The van der Waals surface area contributed by atoms with E-state index in [2.05, 4.69) is 10.3 Å². The Bertz CT molecular complexity index is 1160. The van der Waals surface area contributed by atoms with Crippen LogP contribution in [0.1, 0.15) is 24.2 Å². The van der Waals surface area contributed by atoms with Crippen molar-refractivity contribution in [3.05, 3.63) is 47.0 Å². The van der Waals surface area contributed by atoms with E-state index in [1.54, 1.807) is 33.1 Å². The number of thiazole rings is 1. The van der Waals surface area contributed by atoms with Crippen molar-refractivity contribution in [2.24, 2.45) is 0 Å². The summed E-state index contributed by atoms with van der Waals surface area (Å²) in [6, 6.07) is 9.51. The lowest BCUT2D eigenvalue weighted by Crippen LogP contribution is -2.30. The van der Waals surface area contributed by atoms with Crippen LogP contribution in [0.3, 0.4) is 0 Å². The molecule has 7 nitrogen and oxygen atoms in total. The zero-order valence-corrected chi connectivity index (χ0v) is 18.5. The monoisotopic (exact) mass is 453 g/mol. The molecule has 0 saturated carbocycles. The summed E-state index contributed by atoms with van der Waals surface area (Å²) < 4.78 is 32.9. The number of sulfonamides is 1. The lowest BCUT2D eigenvalue weighted by molar-refractivity contribution is 0.102. The van der Waals surface area contributed by atoms with E-state index in [0.29, 0.717) is 24.0 Å². The number of nitrogens with one attached hydrogen (secondary N) is 1. The van der Waals surface area contributed by atoms with Gasteiger partial charge in [-0.3, -0.25) is 10.1 Å². The Morgan fingerprint density at radius 1 is 1.21 bits per heavy atom. The number of halogens is 1. The first kappa shape index (κ1) is 21.5. The number of fused-ring (bicyclic) bond motifs is 1. The molecule has 1 aromatic heterocycles. The fourth-order valence-corrected chi connectivity index (χ4v) is 5.38. The molecule has 1 heterocycles. The molecule has 0 spiro atoms. The second-order valence-electron chi connectivity index (χ2n) is 6.04. The average Bonchev–Trinajstić information content (AvgIpc) is 3.09. The van der Waals surface area contributed by atoms with Gasteiger partial charge in [-0.1, -0.05) is 36.8 Å². The number of carbonyl (C=O) groups excluding carboxylic acids is 1. The van der Waals surface area contributed by atoms with E-state index in [1.165, 1.54) is 33.8 Å². The molecular formula is C19H20ClN3O4S2. The quantitative estimate of drug-likeness (QED) is 0.578. The van der Waals surface area contributed by atoms with Crippen molar-refractivity contribution in [3.63, 3.8) is 0 Å². The van der Waals surface area contributed by atoms with Crippen molar-refractivity contribution >= 4 is 54.2 Å². The smallest absolute Gasteiger partial charge is 0.259 e. The molecule has 0 saturated heterocycles. The fourth-order valence-electron chi connectivity index (χ4n) is 2.80. The maximum Gasteiger partial charge on any atom is 0.259 e. The van der Waals surface area contributed by atoms with Crippen LogP contribution in [0.2, 0.25) is 5.02 Å². The molecule has 2 aromatic carbocycles. The molecular weight excluding hydrogens is 434 g/mol. The van der Waals surface area contributed by atoms with Gasteiger partial charge in [0.25, 0.3) is 5.91 Å². The summed E-state index contributed by atoms with van der Waals surface area (Å²) in [6.45, 7) is 4.18. The molecule has 0 bridgehead atoms. The van der Waals surface area contributed by atoms with E-state index in [0.717, 1.165) is 10.2 Å². The Labute approximate surface area is 178 Å². The molecule has 1 amide bonds. The first-order chi connectivity index (χ1) is 13.8.